The molecule has 0 radical (unpaired) electrons. The first kappa shape index (κ1) is 22.6. The van der Waals surface area contributed by atoms with Crippen molar-refractivity contribution < 1.29 is 8.83 Å². The highest BCUT2D eigenvalue weighted by atomic mass is 28.3. The summed E-state index contributed by atoms with van der Waals surface area (Å²) in [5.41, 5.74) is 7.96. The molecule has 0 aliphatic rings. The van der Waals surface area contributed by atoms with E-state index in [1.165, 1.54) is 43.8 Å². The van der Waals surface area contributed by atoms with E-state index in [1.54, 1.807) is 0 Å². The predicted octanol–water partition coefficient (Wildman–Crippen LogP) is 6.81. The van der Waals surface area contributed by atoms with E-state index < -0.39 is 16.1 Å². The summed E-state index contributed by atoms with van der Waals surface area (Å²) in [5, 5.41) is 2.83. The molecule has 0 amide bonds. The summed E-state index contributed by atoms with van der Waals surface area (Å²) in [4.78, 5) is 0. The average Bonchev–Trinajstić information content (AvgIpc) is 3.38. The normalized spacial score (nSPS) is 12.3. The Hall–Kier alpha value is -2.57. The van der Waals surface area contributed by atoms with Crippen LogP contribution in [0.25, 0.3) is 11.1 Å². The standard InChI is InChI=1S/C28H34O2Si2/c1-31(2,3)27-19-29-17-23(27)15-21-11-7-9-13-25(21)26-14-10-8-12-22(26)16-24-18-30-20-28(24)32(4,5)6/h7-14,17-20H,15-16H2,1-6H3. The smallest absolute Gasteiger partial charge is 0.0936 e. The lowest BCUT2D eigenvalue weighted by molar-refractivity contribution is 0.565. The van der Waals surface area contributed by atoms with Gasteiger partial charge in [-0.3, -0.25) is 0 Å². The predicted molar refractivity (Wildman–Crippen MR) is 141 cm³/mol. The number of hydrogen-bond acceptors (Lipinski definition) is 2. The molecule has 0 saturated carbocycles. The van der Waals surface area contributed by atoms with Crippen LogP contribution in [0.5, 0.6) is 0 Å². The summed E-state index contributed by atoms with van der Waals surface area (Å²) in [6, 6.07) is 17.6. The average molecular weight is 459 g/mol. The third-order valence-electron chi connectivity index (χ3n) is 6.19. The molecule has 166 valence electrons. The van der Waals surface area contributed by atoms with Crippen LogP contribution in [0.15, 0.2) is 82.4 Å². The van der Waals surface area contributed by atoms with E-state index in [2.05, 4.69) is 87.8 Å². The molecule has 32 heavy (non-hydrogen) atoms. The van der Waals surface area contributed by atoms with Crippen molar-refractivity contribution in [1.29, 1.82) is 0 Å². The highest BCUT2D eigenvalue weighted by Gasteiger charge is 2.24. The quantitative estimate of drug-likeness (QED) is 0.284. The minimum atomic E-state index is -1.45. The number of rotatable bonds is 7. The van der Waals surface area contributed by atoms with Gasteiger partial charge < -0.3 is 8.83 Å². The van der Waals surface area contributed by atoms with Crippen LogP contribution < -0.4 is 10.4 Å². The van der Waals surface area contributed by atoms with Gasteiger partial charge in [0.1, 0.15) is 0 Å². The summed E-state index contributed by atoms with van der Waals surface area (Å²) in [7, 11) is -2.91. The monoisotopic (exact) mass is 458 g/mol. The number of hydrogen-bond donors (Lipinski definition) is 0. The van der Waals surface area contributed by atoms with Crippen molar-refractivity contribution in [2.24, 2.45) is 0 Å². The third-order valence-corrected chi connectivity index (χ3v) is 10.3. The molecule has 2 aromatic heterocycles. The van der Waals surface area contributed by atoms with Gasteiger partial charge in [0.15, 0.2) is 0 Å². The van der Waals surface area contributed by atoms with Gasteiger partial charge in [0.05, 0.1) is 41.2 Å². The van der Waals surface area contributed by atoms with Crippen LogP contribution in [0, 0.1) is 0 Å². The SMILES string of the molecule is C[Si](C)(C)c1cocc1Cc1ccccc1-c1ccccc1Cc1cocc1[Si](C)(C)C. The van der Waals surface area contributed by atoms with Crippen LogP contribution in [0.3, 0.4) is 0 Å². The summed E-state index contributed by atoms with van der Waals surface area (Å²) >= 11 is 0. The van der Waals surface area contributed by atoms with Crippen LogP contribution >= 0.6 is 0 Å². The van der Waals surface area contributed by atoms with Gasteiger partial charge in [-0.15, -0.1) is 0 Å². The van der Waals surface area contributed by atoms with Gasteiger partial charge >= 0.3 is 0 Å². The molecule has 0 bridgehead atoms. The lowest BCUT2D eigenvalue weighted by Crippen LogP contribution is -2.38. The first-order chi connectivity index (χ1) is 15.1. The van der Waals surface area contributed by atoms with Gasteiger partial charge in [-0.25, -0.2) is 0 Å². The van der Waals surface area contributed by atoms with Crippen molar-refractivity contribution in [1.82, 2.24) is 0 Å². The maximum atomic E-state index is 5.66. The van der Waals surface area contributed by atoms with Gasteiger partial charge in [0.25, 0.3) is 0 Å². The zero-order valence-corrected chi connectivity index (χ0v) is 22.2. The topological polar surface area (TPSA) is 26.3 Å². The van der Waals surface area contributed by atoms with E-state index in [0.717, 1.165) is 12.8 Å². The molecule has 0 aliphatic heterocycles. The van der Waals surface area contributed by atoms with Gasteiger partial charge in [-0.1, -0.05) is 87.8 Å². The maximum absolute atomic E-state index is 5.66. The lowest BCUT2D eigenvalue weighted by Gasteiger charge is -2.19. The summed E-state index contributed by atoms with van der Waals surface area (Å²) in [6.45, 7) is 14.3. The van der Waals surface area contributed by atoms with Crippen LogP contribution in [0.1, 0.15) is 22.3 Å². The Bertz CT molecular complexity index is 1110. The zero-order chi connectivity index (χ0) is 22.9. The second-order valence-electron chi connectivity index (χ2n) is 10.8. The highest BCUT2D eigenvalue weighted by molar-refractivity contribution is 6.89. The molecule has 4 heteroatoms. The molecular formula is C28H34O2Si2. The molecule has 0 aliphatic carbocycles. The largest absolute Gasteiger partial charge is 0.472 e. The molecule has 0 atom stereocenters. The Kier molecular flexibility index (Phi) is 6.19. The van der Waals surface area contributed by atoms with Crippen LogP contribution in [0.4, 0.5) is 0 Å². The fourth-order valence-corrected chi connectivity index (χ4v) is 7.59. The zero-order valence-electron chi connectivity index (χ0n) is 20.2. The van der Waals surface area contributed by atoms with Gasteiger partial charge in [0, 0.05) is 12.8 Å². The first-order valence-corrected chi connectivity index (χ1v) is 18.4. The van der Waals surface area contributed by atoms with Crippen molar-refractivity contribution in [2.75, 3.05) is 0 Å². The van der Waals surface area contributed by atoms with Crippen molar-refractivity contribution >= 4 is 26.5 Å². The minimum Gasteiger partial charge on any atom is -0.472 e. The Balaban J connectivity index is 1.73. The minimum absolute atomic E-state index is 0.895. The van der Waals surface area contributed by atoms with E-state index in [1.807, 2.05) is 25.1 Å². The lowest BCUT2D eigenvalue weighted by atomic mass is 9.91. The van der Waals surface area contributed by atoms with Crippen LogP contribution in [-0.2, 0) is 12.8 Å². The van der Waals surface area contributed by atoms with E-state index in [0.29, 0.717) is 0 Å². The summed E-state index contributed by atoms with van der Waals surface area (Å²) < 4.78 is 11.3. The fraction of sp³-hybridized carbons (Fsp3) is 0.286. The van der Waals surface area contributed by atoms with Crippen molar-refractivity contribution in [2.45, 2.75) is 52.1 Å². The highest BCUT2D eigenvalue weighted by Crippen LogP contribution is 2.30. The Morgan fingerprint density at radius 3 is 1.25 bits per heavy atom. The number of benzene rings is 2. The fourth-order valence-electron chi connectivity index (χ4n) is 4.52. The maximum Gasteiger partial charge on any atom is 0.0936 e. The number of furan rings is 2. The van der Waals surface area contributed by atoms with Gasteiger partial charge in [-0.2, -0.15) is 0 Å². The Morgan fingerprint density at radius 1 is 0.500 bits per heavy atom. The Labute approximate surface area is 194 Å². The molecule has 0 N–H and O–H groups in total. The van der Waals surface area contributed by atoms with E-state index >= 15 is 0 Å². The van der Waals surface area contributed by atoms with E-state index in [9.17, 15) is 0 Å². The Morgan fingerprint density at radius 2 is 0.875 bits per heavy atom. The van der Waals surface area contributed by atoms with E-state index in [-0.39, 0.29) is 0 Å². The summed E-state index contributed by atoms with van der Waals surface area (Å²) in [5.74, 6) is 0. The first-order valence-electron chi connectivity index (χ1n) is 11.4. The van der Waals surface area contributed by atoms with Crippen LogP contribution in [0.2, 0.25) is 39.3 Å². The molecule has 0 fully saturated rings. The van der Waals surface area contributed by atoms with Crippen molar-refractivity contribution in [3.05, 3.63) is 95.8 Å². The second kappa shape index (κ2) is 8.76. The van der Waals surface area contributed by atoms with Gasteiger partial charge in [-0.05, 0) is 43.8 Å². The van der Waals surface area contributed by atoms with Crippen molar-refractivity contribution in [3.8, 4) is 11.1 Å². The molecule has 0 unspecified atom stereocenters. The molecule has 0 spiro atoms. The van der Waals surface area contributed by atoms with Crippen LogP contribution in [-0.4, -0.2) is 16.1 Å². The molecule has 2 heterocycles. The molecule has 0 saturated heterocycles. The third kappa shape index (κ3) is 4.76. The van der Waals surface area contributed by atoms with Crippen molar-refractivity contribution in [3.63, 3.8) is 0 Å². The summed E-state index contributed by atoms with van der Waals surface area (Å²) in [6.07, 6.45) is 9.62. The molecule has 2 nitrogen and oxygen atoms in total. The van der Waals surface area contributed by atoms with E-state index in [4.69, 9.17) is 8.83 Å². The molecule has 4 aromatic rings. The molecular weight excluding hydrogens is 424 g/mol. The van der Waals surface area contributed by atoms with Gasteiger partial charge in [0.2, 0.25) is 0 Å². The second-order valence-corrected chi connectivity index (χ2v) is 20.9. The molecule has 2 aromatic carbocycles. The molecule has 4 rings (SSSR count).